The van der Waals surface area contributed by atoms with Crippen molar-refractivity contribution in [3.8, 4) is 0 Å². The maximum atomic E-state index is 5.43. The van der Waals surface area contributed by atoms with Crippen LogP contribution in [0.5, 0.6) is 0 Å². The number of aromatic nitrogens is 2. The van der Waals surface area contributed by atoms with Crippen LogP contribution in [-0.2, 0) is 4.74 Å². The number of hydrogen-bond acceptors (Lipinski definition) is 5. The molecule has 1 heterocycles. The van der Waals surface area contributed by atoms with Crippen molar-refractivity contribution in [2.45, 2.75) is 13.8 Å². The van der Waals surface area contributed by atoms with Crippen LogP contribution in [0.15, 0.2) is 12.4 Å². The third-order valence-electron chi connectivity index (χ3n) is 1.91. The quantitative estimate of drug-likeness (QED) is 0.562. The Kier molecular flexibility index (Phi) is 5.79. The number of rotatable bonds is 7. The summed E-state index contributed by atoms with van der Waals surface area (Å²) in [7, 11) is 0. The molecule has 0 aliphatic carbocycles. The van der Waals surface area contributed by atoms with Gasteiger partial charge in [-0.15, -0.1) is 0 Å². The molecule has 0 saturated heterocycles. The normalized spacial score (nSPS) is 10.5. The minimum Gasteiger partial charge on any atom is -0.388 e. The molecule has 0 spiro atoms. The van der Waals surface area contributed by atoms with Crippen molar-refractivity contribution >= 4 is 23.0 Å². The molecule has 94 valence electrons. The first-order valence-electron chi connectivity index (χ1n) is 5.53. The van der Waals surface area contributed by atoms with E-state index in [1.165, 1.54) is 0 Å². The zero-order valence-corrected chi connectivity index (χ0v) is 11.0. The highest BCUT2D eigenvalue weighted by Crippen LogP contribution is 2.00. The van der Waals surface area contributed by atoms with Gasteiger partial charge in [-0.2, -0.15) is 0 Å². The molecule has 0 unspecified atom stereocenters. The summed E-state index contributed by atoms with van der Waals surface area (Å²) in [4.78, 5) is 8.46. The summed E-state index contributed by atoms with van der Waals surface area (Å²) < 4.78 is 5.43. The highest BCUT2D eigenvalue weighted by molar-refractivity contribution is 7.80. The number of hydrogen-bond donors (Lipinski definition) is 2. The van der Waals surface area contributed by atoms with Crippen LogP contribution in [0.1, 0.15) is 19.5 Å². The molecule has 3 N–H and O–H groups in total. The van der Waals surface area contributed by atoms with E-state index < -0.39 is 0 Å². The van der Waals surface area contributed by atoms with Gasteiger partial charge in [-0.05, 0) is 5.92 Å². The highest BCUT2D eigenvalue weighted by atomic mass is 32.1. The summed E-state index contributed by atoms with van der Waals surface area (Å²) in [5.74, 6) is 1.25. The van der Waals surface area contributed by atoms with Crippen LogP contribution < -0.4 is 11.1 Å². The molecule has 1 rings (SSSR count). The summed E-state index contributed by atoms with van der Waals surface area (Å²) in [6.07, 6.45) is 3.16. The van der Waals surface area contributed by atoms with Gasteiger partial charge in [0.25, 0.3) is 0 Å². The van der Waals surface area contributed by atoms with Crippen LogP contribution in [0.4, 0.5) is 5.82 Å². The molecule has 0 saturated carbocycles. The second-order valence-electron chi connectivity index (χ2n) is 4.05. The first-order chi connectivity index (χ1) is 8.09. The van der Waals surface area contributed by atoms with Crippen LogP contribution >= 0.6 is 12.2 Å². The van der Waals surface area contributed by atoms with E-state index in [0.717, 1.165) is 6.61 Å². The lowest BCUT2D eigenvalue weighted by Gasteiger charge is -2.08. The van der Waals surface area contributed by atoms with Gasteiger partial charge in [0.1, 0.15) is 16.5 Å². The van der Waals surface area contributed by atoms with Gasteiger partial charge in [0, 0.05) is 13.2 Å². The smallest absolute Gasteiger partial charge is 0.144 e. The Balaban J connectivity index is 2.25. The molecule has 0 amide bonds. The lowest BCUT2D eigenvalue weighted by molar-refractivity contribution is 0.118. The van der Waals surface area contributed by atoms with Crippen molar-refractivity contribution in [3.05, 3.63) is 18.1 Å². The molecule has 5 nitrogen and oxygen atoms in total. The van der Waals surface area contributed by atoms with Gasteiger partial charge in [-0.1, -0.05) is 26.1 Å². The topological polar surface area (TPSA) is 73.1 Å². The van der Waals surface area contributed by atoms with Crippen LogP contribution in [0.2, 0.25) is 0 Å². The van der Waals surface area contributed by atoms with E-state index in [2.05, 4.69) is 29.1 Å². The minimum atomic E-state index is 0.254. The summed E-state index contributed by atoms with van der Waals surface area (Å²) in [6.45, 7) is 6.36. The molecular weight excluding hydrogens is 236 g/mol. The van der Waals surface area contributed by atoms with E-state index in [1.54, 1.807) is 12.4 Å². The molecule has 0 aromatic carbocycles. The first-order valence-corrected chi connectivity index (χ1v) is 5.94. The summed E-state index contributed by atoms with van der Waals surface area (Å²) in [5.41, 5.74) is 5.95. The average Bonchev–Trinajstić information content (AvgIpc) is 2.29. The third-order valence-corrected chi connectivity index (χ3v) is 2.12. The molecule has 17 heavy (non-hydrogen) atoms. The van der Waals surface area contributed by atoms with Crippen molar-refractivity contribution in [1.82, 2.24) is 9.97 Å². The van der Waals surface area contributed by atoms with Gasteiger partial charge in [0.15, 0.2) is 0 Å². The van der Waals surface area contributed by atoms with E-state index >= 15 is 0 Å². The van der Waals surface area contributed by atoms with Gasteiger partial charge in [0.2, 0.25) is 0 Å². The zero-order valence-electron chi connectivity index (χ0n) is 10.1. The largest absolute Gasteiger partial charge is 0.388 e. The van der Waals surface area contributed by atoms with Gasteiger partial charge in [-0.25, -0.2) is 9.97 Å². The van der Waals surface area contributed by atoms with Gasteiger partial charge < -0.3 is 15.8 Å². The Hall–Kier alpha value is -1.27. The number of nitrogens with one attached hydrogen (secondary N) is 1. The van der Waals surface area contributed by atoms with Gasteiger partial charge >= 0.3 is 0 Å². The molecule has 0 bridgehead atoms. The minimum absolute atomic E-state index is 0.254. The Labute approximate surface area is 107 Å². The predicted octanol–water partition coefficient (Wildman–Crippen LogP) is 1.20. The SMILES string of the molecule is CC(C)COCCNc1cnc(C(N)=S)cn1. The van der Waals surface area contributed by atoms with E-state index in [4.69, 9.17) is 22.7 Å². The van der Waals surface area contributed by atoms with Crippen molar-refractivity contribution in [2.75, 3.05) is 25.1 Å². The molecule has 0 radical (unpaired) electrons. The average molecular weight is 254 g/mol. The Morgan fingerprint density at radius 3 is 2.76 bits per heavy atom. The first kappa shape index (κ1) is 13.8. The molecule has 0 aliphatic heterocycles. The monoisotopic (exact) mass is 254 g/mol. The van der Waals surface area contributed by atoms with Crippen LogP contribution in [0, 0.1) is 5.92 Å². The fourth-order valence-electron chi connectivity index (χ4n) is 1.12. The van der Waals surface area contributed by atoms with Gasteiger partial charge in [0.05, 0.1) is 19.0 Å². The zero-order chi connectivity index (χ0) is 12.7. The second-order valence-corrected chi connectivity index (χ2v) is 4.49. The maximum absolute atomic E-state index is 5.43. The van der Waals surface area contributed by atoms with Crippen molar-refractivity contribution < 1.29 is 4.74 Å². The number of anilines is 1. The van der Waals surface area contributed by atoms with Crippen molar-refractivity contribution in [2.24, 2.45) is 11.7 Å². The lowest BCUT2D eigenvalue weighted by atomic mass is 10.2. The van der Waals surface area contributed by atoms with Crippen LogP contribution in [0.3, 0.4) is 0 Å². The van der Waals surface area contributed by atoms with Crippen molar-refractivity contribution in [3.63, 3.8) is 0 Å². The second kappa shape index (κ2) is 7.13. The van der Waals surface area contributed by atoms with E-state index in [1.807, 2.05) is 0 Å². The molecule has 0 aliphatic rings. The molecule has 1 aromatic heterocycles. The number of thiocarbonyl (C=S) groups is 1. The summed E-state index contributed by atoms with van der Waals surface area (Å²) in [6, 6.07) is 0. The molecule has 1 aromatic rings. The van der Waals surface area contributed by atoms with E-state index in [-0.39, 0.29) is 4.99 Å². The standard InChI is InChI=1S/C11H18N4OS/c1-8(2)7-16-4-3-13-10-6-14-9(5-15-10)11(12)17/h5-6,8H,3-4,7H2,1-2H3,(H2,12,17)(H,13,15). The number of nitrogens with two attached hydrogens (primary N) is 1. The fraction of sp³-hybridized carbons (Fsp3) is 0.545. The fourth-order valence-corrected chi connectivity index (χ4v) is 1.22. The molecule has 0 fully saturated rings. The third kappa shape index (κ3) is 5.55. The Morgan fingerprint density at radius 1 is 1.47 bits per heavy atom. The Bertz CT molecular complexity index is 353. The van der Waals surface area contributed by atoms with Gasteiger partial charge in [-0.3, -0.25) is 0 Å². The molecular formula is C11H18N4OS. The molecule has 6 heteroatoms. The van der Waals surface area contributed by atoms with E-state index in [0.29, 0.717) is 30.6 Å². The van der Waals surface area contributed by atoms with E-state index in [9.17, 15) is 0 Å². The number of nitrogens with zero attached hydrogens (tertiary/aromatic N) is 2. The Morgan fingerprint density at radius 2 is 2.24 bits per heavy atom. The summed E-state index contributed by atoms with van der Waals surface area (Å²) in [5, 5.41) is 3.10. The predicted molar refractivity (Wildman–Crippen MR) is 72.1 cm³/mol. The van der Waals surface area contributed by atoms with Crippen molar-refractivity contribution in [1.29, 1.82) is 0 Å². The van der Waals surface area contributed by atoms with Crippen LogP contribution in [0.25, 0.3) is 0 Å². The maximum Gasteiger partial charge on any atom is 0.144 e. The highest BCUT2D eigenvalue weighted by Gasteiger charge is 1.99. The molecule has 0 atom stereocenters. The summed E-state index contributed by atoms with van der Waals surface area (Å²) >= 11 is 4.79. The van der Waals surface area contributed by atoms with Crippen LogP contribution in [-0.4, -0.2) is 34.7 Å². The number of ether oxygens (including phenoxy) is 1. The lowest BCUT2D eigenvalue weighted by Crippen LogP contribution is -2.15.